The highest BCUT2D eigenvalue weighted by molar-refractivity contribution is 5.67. The quantitative estimate of drug-likeness (QED) is 0.847. The van der Waals surface area contributed by atoms with Gasteiger partial charge in [0.2, 0.25) is 6.79 Å². The zero-order valence-corrected chi connectivity index (χ0v) is 9.51. The van der Waals surface area contributed by atoms with Gasteiger partial charge in [-0.3, -0.25) is 4.79 Å². The van der Waals surface area contributed by atoms with Crippen molar-refractivity contribution in [1.82, 2.24) is 0 Å². The first-order chi connectivity index (χ1) is 8.15. The van der Waals surface area contributed by atoms with Crippen LogP contribution in [-0.4, -0.2) is 24.0 Å². The molecule has 0 fully saturated rings. The van der Waals surface area contributed by atoms with Crippen molar-refractivity contribution in [2.24, 2.45) is 0 Å². The smallest absolute Gasteiger partial charge is 0.305 e. The van der Waals surface area contributed by atoms with E-state index in [1.165, 1.54) is 0 Å². The molecule has 5 nitrogen and oxygen atoms in total. The summed E-state index contributed by atoms with van der Waals surface area (Å²) < 4.78 is 15.9. The fraction of sp³-hybridized carbons (Fsp3) is 0.417. The molecule has 1 aliphatic heterocycles. The highest BCUT2D eigenvalue weighted by atomic mass is 16.7. The summed E-state index contributed by atoms with van der Waals surface area (Å²) in [6.45, 7) is 2.35. The fourth-order valence-corrected chi connectivity index (χ4v) is 1.57. The van der Waals surface area contributed by atoms with Crippen LogP contribution in [0.5, 0.6) is 11.5 Å². The monoisotopic (exact) mass is 238 g/mol. The maximum atomic E-state index is 10.5. The van der Waals surface area contributed by atoms with Crippen LogP contribution in [0.25, 0.3) is 0 Å². The number of benzene rings is 1. The molecule has 0 spiro atoms. The fourth-order valence-electron chi connectivity index (χ4n) is 1.57. The van der Waals surface area contributed by atoms with Crippen LogP contribution < -0.4 is 9.47 Å². The molecule has 0 amide bonds. The van der Waals surface area contributed by atoms with Crippen molar-refractivity contribution < 1.29 is 24.1 Å². The van der Waals surface area contributed by atoms with Crippen LogP contribution in [-0.2, 0) is 16.1 Å². The van der Waals surface area contributed by atoms with Gasteiger partial charge in [-0.2, -0.15) is 0 Å². The normalized spacial score (nSPS) is 14.6. The zero-order valence-electron chi connectivity index (χ0n) is 9.51. The van der Waals surface area contributed by atoms with Gasteiger partial charge in [0.05, 0.1) is 19.1 Å². The standard InChI is InChI=1S/C12H14O5/c1-8(4-12(13)14)15-6-9-2-3-10-11(5-9)17-7-16-10/h2-3,5,8H,4,6-7H2,1H3,(H,13,14)/t8-/m1/s1. The first kappa shape index (κ1) is 11.7. The lowest BCUT2D eigenvalue weighted by Crippen LogP contribution is -2.13. The van der Waals surface area contributed by atoms with Crippen LogP contribution in [0.4, 0.5) is 0 Å². The summed E-state index contributed by atoms with van der Waals surface area (Å²) in [4.78, 5) is 10.5. The van der Waals surface area contributed by atoms with Crippen molar-refractivity contribution >= 4 is 5.97 Å². The van der Waals surface area contributed by atoms with Gasteiger partial charge in [-0.1, -0.05) is 6.07 Å². The molecule has 1 aromatic rings. The molecule has 0 aliphatic carbocycles. The Kier molecular flexibility index (Phi) is 3.49. The summed E-state index contributed by atoms with van der Waals surface area (Å²) in [6, 6.07) is 5.54. The molecule has 17 heavy (non-hydrogen) atoms. The van der Waals surface area contributed by atoms with Crippen LogP contribution in [0.15, 0.2) is 18.2 Å². The van der Waals surface area contributed by atoms with Crippen molar-refractivity contribution in [1.29, 1.82) is 0 Å². The second-order valence-electron chi connectivity index (χ2n) is 3.91. The Bertz CT molecular complexity index is 415. The van der Waals surface area contributed by atoms with Gasteiger partial charge < -0.3 is 19.3 Å². The lowest BCUT2D eigenvalue weighted by atomic mass is 10.2. The molecule has 0 bridgehead atoms. The summed E-state index contributed by atoms with van der Waals surface area (Å²) in [5.74, 6) is 0.576. The van der Waals surface area contributed by atoms with Gasteiger partial charge in [-0.15, -0.1) is 0 Å². The van der Waals surface area contributed by atoms with Crippen molar-refractivity contribution in [3.05, 3.63) is 23.8 Å². The van der Waals surface area contributed by atoms with Crippen molar-refractivity contribution in [2.45, 2.75) is 26.1 Å². The molecule has 1 aliphatic rings. The van der Waals surface area contributed by atoms with E-state index in [1.54, 1.807) is 6.92 Å². The van der Waals surface area contributed by atoms with E-state index in [0.717, 1.165) is 11.3 Å². The van der Waals surface area contributed by atoms with E-state index < -0.39 is 5.97 Å². The predicted octanol–water partition coefficient (Wildman–Crippen LogP) is 1.80. The number of carbonyl (C=O) groups is 1. The summed E-state index contributed by atoms with van der Waals surface area (Å²) in [5.41, 5.74) is 0.937. The number of fused-ring (bicyclic) bond motifs is 1. The zero-order chi connectivity index (χ0) is 12.3. The second-order valence-corrected chi connectivity index (χ2v) is 3.91. The third kappa shape index (κ3) is 3.10. The van der Waals surface area contributed by atoms with Crippen LogP contribution in [0, 0.1) is 0 Å². The molecule has 1 N–H and O–H groups in total. The van der Waals surface area contributed by atoms with Gasteiger partial charge in [0.15, 0.2) is 11.5 Å². The third-order valence-corrected chi connectivity index (χ3v) is 2.43. The van der Waals surface area contributed by atoms with E-state index in [2.05, 4.69) is 0 Å². The number of carboxylic acid groups (broad SMARTS) is 1. The Hall–Kier alpha value is -1.75. The average molecular weight is 238 g/mol. The van der Waals surface area contributed by atoms with E-state index in [9.17, 15) is 4.79 Å². The molecule has 92 valence electrons. The first-order valence-electron chi connectivity index (χ1n) is 5.37. The second kappa shape index (κ2) is 5.05. The van der Waals surface area contributed by atoms with Crippen LogP contribution in [0.2, 0.25) is 0 Å². The van der Waals surface area contributed by atoms with Crippen LogP contribution in [0.1, 0.15) is 18.9 Å². The molecule has 0 radical (unpaired) electrons. The van der Waals surface area contributed by atoms with E-state index in [4.69, 9.17) is 19.3 Å². The third-order valence-electron chi connectivity index (χ3n) is 2.43. The molecule has 5 heteroatoms. The number of ether oxygens (including phenoxy) is 3. The Morgan fingerprint density at radius 2 is 2.24 bits per heavy atom. The largest absolute Gasteiger partial charge is 0.481 e. The van der Waals surface area contributed by atoms with Gasteiger partial charge in [0, 0.05) is 0 Å². The first-order valence-corrected chi connectivity index (χ1v) is 5.37. The van der Waals surface area contributed by atoms with Crippen LogP contribution in [0.3, 0.4) is 0 Å². The molecule has 0 aromatic heterocycles. The van der Waals surface area contributed by atoms with Gasteiger partial charge in [0.1, 0.15) is 0 Å². The number of hydrogen-bond acceptors (Lipinski definition) is 4. The van der Waals surface area contributed by atoms with Crippen molar-refractivity contribution in [2.75, 3.05) is 6.79 Å². The minimum atomic E-state index is -0.858. The maximum Gasteiger partial charge on any atom is 0.305 e. The van der Waals surface area contributed by atoms with Crippen LogP contribution >= 0.6 is 0 Å². The topological polar surface area (TPSA) is 65.0 Å². The Morgan fingerprint density at radius 1 is 1.47 bits per heavy atom. The Labute approximate surface area is 98.9 Å². The summed E-state index contributed by atoms with van der Waals surface area (Å²) in [7, 11) is 0. The molecule has 1 atom stereocenters. The molecule has 1 heterocycles. The van der Waals surface area contributed by atoms with E-state index >= 15 is 0 Å². The maximum absolute atomic E-state index is 10.5. The minimum Gasteiger partial charge on any atom is -0.481 e. The van der Waals surface area contributed by atoms with Gasteiger partial charge >= 0.3 is 5.97 Å². The van der Waals surface area contributed by atoms with Gasteiger partial charge in [0.25, 0.3) is 0 Å². The molecule has 0 saturated carbocycles. The summed E-state index contributed by atoms with van der Waals surface area (Å²) >= 11 is 0. The summed E-state index contributed by atoms with van der Waals surface area (Å²) in [6.07, 6.45) is -0.303. The average Bonchev–Trinajstić information content (AvgIpc) is 2.72. The molecule has 1 aromatic carbocycles. The van der Waals surface area contributed by atoms with Crippen molar-refractivity contribution in [3.63, 3.8) is 0 Å². The minimum absolute atomic E-state index is 0.00452. The van der Waals surface area contributed by atoms with Gasteiger partial charge in [-0.25, -0.2) is 0 Å². The Morgan fingerprint density at radius 3 is 3.00 bits per heavy atom. The highest BCUT2D eigenvalue weighted by Gasteiger charge is 2.14. The highest BCUT2D eigenvalue weighted by Crippen LogP contribution is 2.32. The molecular formula is C12H14O5. The Balaban J connectivity index is 1.89. The van der Waals surface area contributed by atoms with Gasteiger partial charge in [-0.05, 0) is 24.6 Å². The van der Waals surface area contributed by atoms with E-state index in [1.807, 2.05) is 18.2 Å². The number of aliphatic carboxylic acids is 1. The summed E-state index contributed by atoms with van der Waals surface area (Å²) in [5, 5.41) is 8.59. The lowest BCUT2D eigenvalue weighted by Gasteiger charge is -2.10. The molecular weight excluding hydrogens is 224 g/mol. The van der Waals surface area contributed by atoms with Crippen molar-refractivity contribution in [3.8, 4) is 11.5 Å². The molecule has 0 saturated heterocycles. The predicted molar refractivity (Wildman–Crippen MR) is 59.1 cm³/mol. The SMILES string of the molecule is C[C@H](CC(=O)O)OCc1ccc2c(c1)OCO2. The van der Waals surface area contributed by atoms with E-state index in [0.29, 0.717) is 12.4 Å². The molecule has 2 rings (SSSR count). The molecule has 0 unspecified atom stereocenters. The number of hydrogen-bond donors (Lipinski definition) is 1. The van der Waals surface area contributed by atoms with E-state index in [-0.39, 0.29) is 19.3 Å². The lowest BCUT2D eigenvalue weighted by molar-refractivity contribution is -0.140. The number of carboxylic acids is 1. The number of rotatable bonds is 5.